The SMILES string of the molecule is CC(C=CC=C(C)C=CC1=C(C)C[C@@H](O)CC1(C)C)=CC=CC=C(C)C=CC=C(C)C=CC1C(C)=C[C@H](O)CC1(C)C. The molecule has 0 aliphatic heterocycles. The van der Waals surface area contributed by atoms with E-state index in [1.165, 1.54) is 39.0 Å². The lowest BCUT2D eigenvalue weighted by molar-refractivity contribution is 0.116. The molecule has 2 nitrogen and oxygen atoms in total. The molecular formula is C40H56O2. The van der Waals surface area contributed by atoms with Gasteiger partial charge in [0.05, 0.1) is 12.2 Å². The van der Waals surface area contributed by atoms with Crippen molar-refractivity contribution in [3.05, 3.63) is 130 Å². The molecule has 2 heteroatoms. The van der Waals surface area contributed by atoms with E-state index in [2.05, 4.69) is 154 Å². The first kappa shape index (κ1) is 35.3. The lowest BCUT2D eigenvalue weighted by Crippen LogP contribution is -2.32. The van der Waals surface area contributed by atoms with Gasteiger partial charge in [-0.25, -0.2) is 0 Å². The minimum absolute atomic E-state index is 0.00528. The Morgan fingerprint density at radius 3 is 1.74 bits per heavy atom. The molecule has 0 radical (unpaired) electrons. The van der Waals surface area contributed by atoms with Crippen LogP contribution in [0, 0.1) is 16.7 Å². The van der Waals surface area contributed by atoms with Crippen LogP contribution in [0.15, 0.2) is 130 Å². The van der Waals surface area contributed by atoms with Crippen molar-refractivity contribution in [3.63, 3.8) is 0 Å². The van der Waals surface area contributed by atoms with Gasteiger partial charge in [-0.2, -0.15) is 0 Å². The van der Waals surface area contributed by atoms with Crippen LogP contribution in [0.3, 0.4) is 0 Å². The van der Waals surface area contributed by atoms with Gasteiger partial charge in [0.15, 0.2) is 0 Å². The lowest BCUT2D eigenvalue weighted by atomic mass is 9.67. The van der Waals surface area contributed by atoms with Gasteiger partial charge in [-0.05, 0) is 77.2 Å². The Hall–Kier alpha value is -2.94. The van der Waals surface area contributed by atoms with Crippen molar-refractivity contribution in [2.45, 2.75) is 101 Å². The topological polar surface area (TPSA) is 40.5 Å². The summed E-state index contributed by atoms with van der Waals surface area (Å²) < 4.78 is 0. The van der Waals surface area contributed by atoms with Gasteiger partial charge in [0.1, 0.15) is 0 Å². The number of hydrogen-bond acceptors (Lipinski definition) is 2. The summed E-state index contributed by atoms with van der Waals surface area (Å²) in [6, 6.07) is 0. The monoisotopic (exact) mass is 568 g/mol. The molecule has 2 aliphatic carbocycles. The molecule has 0 amide bonds. The number of rotatable bonds is 10. The first-order valence-electron chi connectivity index (χ1n) is 15.4. The second-order valence-electron chi connectivity index (χ2n) is 13.7. The Morgan fingerprint density at radius 1 is 0.714 bits per heavy atom. The molecule has 0 aromatic heterocycles. The average molecular weight is 569 g/mol. The largest absolute Gasteiger partial charge is 0.393 e. The van der Waals surface area contributed by atoms with Crippen LogP contribution in [-0.4, -0.2) is 22.4 Å². The first-order valence-corrected chi connectivity index (χ1v) is 15.4. The maximum atomic E-state index is 10.1. The molecule has 0 saturated heterocycles. The Kier molecular flexibility index (Phi) is 13.5. The first-order chi connectivity index (χ1) is 19.6. The molecule has 1 unspecified atom stereocenters. The Labute approximate surface area is 257 Å². The Morgan fingerprint density at radius 2 is 1.21 bits per heavy atom. The van der Waals surface area contributed by atoms with Crippen molar-refractivity contribution in [2.24, 2.45) is 16.7 Å². The lowest BCUT2D eigenvalue weighted by Gasteiger charge is -2.38. The molecule has 2 N–H and O–H groups in total. The molecule has 0 saturated carbocycles. The van der Waals surface area contributed by atoms with E-state index in [4.69, 9.17) is 0 Å². The van der Waals surface area contributed by atoms with Gasteiger partial charge in [-0.15, -0.1) is 0 Å². The van der Waals surface area contributed by atoms with Crippen molar-refractivity contribution >= 4 is 0 Å². The molecule has 0 aromatic rings. The molecule has 0 fully saturated rings. The average Bonchev–Trinajstić information content (AvgIpc) is 2.84. The standard InChI is InChI=1S/C40H56O2/c1-29(17-13-19-31(3)21-23-37-33(5)25-35(41)27-39(37,7)8)15-11-12-16-30(2)18-14-20-32(4)22-24-38-34(6)26-36(42)28-40(38,9)10/h11-25,35-37,41-42H,26-28H2,1-10H3/t35-,36+,37?/m0/s1. The summed E-state index contributed by atoms with van der Waals surface area (Å²) in [5.41, 5.74) is 8.73. The van der Waals surface area contributed by atoms with E-state index in [1.54, 1.807) is 0 Å². The van der Waals surface area contributed by atoms with Crippen LogP contribution in [0.5, 0.6) is 0 Å². The van der Waals surface area contributed by atoms with E-state index in [9.17, 15) is 10.2 Å². The minimum atomic E-state index is -0.331. The highest BCUT2D eigenvalue weighted by Gasteiger charge is 2.34. The molecule has 2 aliphatic rings. The summed E-state index contributed by atoms with van der Waals surface area (Å²) in [6.45, 7) is 21.6. The van der Waals surface area contributed by atoms with Crippen LogP contribution in [0.1, 0.15) is 88.5 Å². The van der Waals surface area contributed by atoms with Crippen LogP contribution < -0.4 is 0 Å². The van der Waals surface area contributed by atoms with Crippen LogP contribution in [-0.2, 0) is 0 Å². The van der Waals surface area contributed by atoms with Gasteiger partial charge in [0, 0.05) is 5.92 Å². The molecule has 2 rings (SSSR count). The van der Waals surface area contributed by atoms with E-state index in [0.29, 0.717) is 5.92 Å². The predicted octanol–water partition coefficient (Wildman–Crippen LogP) is 10.4. The minimum Gasteiger partial charge on any atom is -0.393 e. The van der Waals surface area contributed by atoms with E-state index < -0.39 is 0 Å². The molecule has 0 aromatic carbocycles. The summed E-state index contributed by atoms with van der Waals surface area (Å²) >= 11 is 0. The summed E-state index contributed by atoms with van der Waals surface area (Å²) in [6.07, 6.45) is 33.8. The second kappa shape index (κ2) is 16.1. The van der Waals surface area contributed by atoms with Gasteiger partial charge in [-0.3, -0.25) is 0 Å². The summed E-state index contributed by atoms with van der Waals surface area (Å²) in [4.78, 5) is 0. The van der Waals surface area contributed by atoms with E-state index in [-0.39, 0.29) is 23.0 Å². The molecule has 0 heterocycles. The van der Waals surface area contributed by atoms with Gasteiger partial charge < -0.3 is 10.2 Å². The second-order valence-corrected chi connectivity index (χ2v) is 13.7. The van der Waals surface area contributed by atoms with Crippen molar-refractivity contribution in [1.82, 2.24) is 0 Å². The highest BCUT2D eigenvalue weighted by molar-refractivity contribution is 5.38. The van der Waals surface area contributed by atoms with E-state index >= 15 is 0 Å². The van der Waals surface area contributed by atoms with Crippen LogP contribution in [0.25, 0.3) is 0 Å². The zero-order valence-corrected chi connectivity index (χ0v) is 27.9. The van der Waals surface area contributed by atoms with Gasteiger partial charge in [0.2, 0.25) is 0 Å². The Balaban J connectivity index is 1.90. The molecular weight excluding hydrogens is 512 g/mol. The fourth-order valence-electron chi connectivity index (χ4n) is 6.14. The fraction of sp³-hybridized carbons (Fsp3) is 0.450. The number of aliphatic hydroxyl groups excluding tert-OH is 2. The van der Waals surface area contributed by atoms with Crippen molar-refractivity contribution < 1.29 is 10.2 Å². The number of aliphatic hydroxyl groups is 2. The maximum Gasteiger partial charge on any atom is 0.0729 e. The quantitative estimate of drug-likeness (QED) is 0.203. The van der Waals surface area contributed by atoms with E-state index in [1.807, 2.05) is 6.08 Å². The number of allylic oxidation sites excluding steroid dienone is 20. The molecule has 3 atom stereocenters. The maximum absolute atomic E-state index is 10.1. The zero-order chi connectivity index (χ0) is 31.5. The summed E-state index contributed by atoms with van der Waals surface area (Å²) in [5.74, 6) is 0.348. The Bertz CT molecular complexity index is 1270. The van der Waals surface area contributed by atoms with Crippen LogP contribution in [0.2, 0.25) is 0 Å². The third-order valence-electron chi connectivity index (χ3n) is 8.33. The van der Waals surface area contributed by atoms with Gasteiger partial charge in [0.25, 0.3) is 0 Å². The van der Waals surface area contributed by atoms with Gasteiger partial charge in [-0.1, -0.05) is 152 Å². The summed E-state index contributed by atoms with van der Waals surface area (Å²) in [5, 5.41) is 20.2. The zero-order valence-electron chi connectivity index (χ0n) is 27.9. The molecule has 0 spiro atoms. The van der Waals surface area contributed by atoms with Crippen LogP contribution >= 0.6 is 0 Å². The number of hydrogen-bond donors (Lipinski definition) is 2. The van der Waals surface area contributed by atoms with E-state index in [0.717, 1.165) is 19.3 Å². The molecule has 0 bridgehead atoms. The van der Waals surface area contributed by atoms with Crippen molar-refractivity contribution in [3.8, 4) is 0 Å². The van der Waals surface area contributed by atoms with Crippen LogP contribution in [0.4, 0.5) is 0 Å². The van der Waals surface area contributed by atoms with Crippen molar-refractivity contribution in [2.75, 3.05) is 0 Å². The third-order valence-corrected chi connectivity index (χ3v) is 8.33. The summed E-state index contributed by atoms with van der Waals surface area (Å²) in [7, 11) is 0. The van der Waals surface area contributed by atoms with Gasteiger partial charge >= 0.3 is 0 Å². The fourth-order valence-corrected chi connectivity index (χ4v) is 6.14. The van der Waals surface area contributed by atoms with Crippen molar-refractivity contribution in [1.29, 1.82) is 0 Å². The predicted molar refractivity (Wildman–Crippen MR) is 184 cm³/mol. The normalized spacial score (nSPS) is 26.6. The molecule has 228 valence electrons. The highest BCUT2D eigenvalue weighted by atomic mass is 16.3. The smallest absolute Gasteiger partial charge is 0.0729 e. The molecule has 42 heavy (non-hydrogen) atoms. The highest BCUT2D eigenvalue weighted by Crippen LogP contribution is 2.42. The third kappa shape index (κ3) is 11.7.